The largest absolute Gasteiger partial charge is 0.378 e. The number of ether oxygens (including phenoxy) is 1. The highest BCUT2D eigenvalue weighted by atomic mass is 35.5. The summed E-state index contributed by atoms with van der Waals surface area (Å²) in [4.78, 5) is 18.8. The molecule has 1 amide bonds. The smallest absolute Gasteiger partial charge is 0.241 e. The Labute approximate surface area is 165 Å². The maximum absolute atomic E-state index is 12.2. The molecular formula is C18H24Cl2N4O2. The van der Waals surface area contributed by atoms with Gasteiger partial charge in [0.25, 0.3) is 0 Å². The summed E-state index contributed by atoms with van der Waals surface area (Å²) in [5.41, 5.74) is 7.72. The zero-order valence-electron chi connectivity index (χ0n) is 14.3. The van der Waals surface area contributed by atoms with Crippen molar-refractivity contribution < 1.29 is 9.53 Å². The van der Waals surface area contributed by atoms with Crippen molar-refractivity contribution in [1.29, 1.82) is 0 Å². The van der Waals surface area contributed by atoms with Crippen molar-refractivity contribution in [2.75, 3.05) is 31.2 Å². The second-order valence-corrected chi connectivity index (χ2v) is 5.73. The van der Waals surface area contributed by atoms with Crippen LogP contribution in [0, 0.1) is 0 Å². The van der Waals surface area contributed by atoms with Crippen LogP contribution in [0.25, 0.3) is 0 Å². The summed E-state index contributed by atoms with van der Waals surface area (Å²) in [7, 11) is 0. The first kappa shape index (κ1) is 22.2. The predicted octanol–water partition coefficient (Wildman–Crippen LogP) is 2.08. The normalized spacial score (nSPS) is 14.6. The summed E-state index contributed by atoms with van der Waals surface area (Å²) in [5.74, 6) is 0.743. The third-order valence-electron chi connectivity index (χ3n) is 4.05. The Morgan fingerprint density at radius 3 is 2.46 bits per heavy atom. The number of morpholine rings is 1. The van der Waals surface area contributed by atoms with Crippen molar-refractivity contribution in [2.45, 2.75) is 12.6 Å². The number of amides is 1. The molecule has 3 rings (SSSR count). The number of nitrogens with one attached hydrogen (secondary N) is 1. The Morgan fingerprint density at radius 1 is 1.15 bits per heavy atom. The van der Waals surface area contributed by atoms with E-state index >= 15 is 0 Å². The molecule has 8 heteroatoms. The molecular weight excluding hydrogens is 375 g/mol. The van der Waals surface area contributed by atoms with Crippen LogP contribution in [0.3, 0.4) is 0 Å². The maximum Gasteiger partial charge on any atom is 0.241 e. The standard InChI is InChI=1S/C18H22N4O2.2ClH/c19-17(15-4-2-1-3-5-15)18(23)21-13-14-6-7-16(20-12-14)22-8-10-24-11-9-22;;/h1-7,12,17H,8-11,13,19H2,(H,21,23);2*1H. The summed E-state index contributed by atoms with van der Waals surface area (Å²) in [6, 6.07) is 12.6. The van der Waals surface area contributed by atoms with E-state index in [1.54, 1.807) is 6.20 Å². The highest BCUT2D eigenvalue weighted by Crippen LogP contribution is 2.13. The van der Waals surface area contributed by atoms with E-state index in [4.69, 9.17) is 10.5 Å². The molecule has 0 spiro atoms. The molecule has 2 aromatic rings. The fourth-order valence-electron chi connectivity index (χ4n) is 2.61. The lowest BCUT2D eigenvalue weighted by Crippen LogP contribution is -2.36. The first-order chi connectivity index (χ1) is 11.7. The van der Waals surface area contributed by atoms with Gasteiger partial charge in [0.05, 0.1) is 13.2 Å². The Balaban J connectivity index is 0.00000169. The van der Waals surface area contributed by atoms with E-state index in [1.165, 1.54) is 0 Å². The number of carbonyl (C=O) groups excluding carboxylic acids is 1. The van der Waals surface area contributed by atoms with Gasteiger partial charge in [-0.15, -0.1) is 24.8 Å². The Hall–Kier alpha value is -1.86. The molecule has 0 saturated carbocycles. The summed E-state index contributed by atoms with van der Waals surface area (Å²) in [6.45, 7) is 3.59. The predicted molar refractivity (Wildman–Crippen MR) is 107 cm³/mol. The molecule has 142 valence electrons. The molecule has 6 nitrogen and oxygen atoms in total. The van der Waals surface area contributed by atoms with Crippen LogP contribution in [0.4, 0.5) is 5.82 Å². The van der Waals surface area contributed by atoms with Gasteiger partial charge in [-0.3, -0.25) is 4.79 Å². The highest BCUT2D eigenvalue weighted by Gasteiger charge is 2.15. The lowest BCUT2D eigenvalue weighted by atomic mass is 10.1. The maximum atomic E-state index is 12.2. The van der Waals surface area contributed by atoms with Gasteiger partial charge in [0, 0.05) is 25.8 Å². The van der Waals surface area contributed by atoms with Crippen molar-refractivity contribution in [1.82, 2.24) is 10.3 Å². The number of pyridine rings is 1. The summed E-state index contributed by atoms with van der Waals surface area (Å²) in [6.07, 6.45) is 1.79. The monoisotopic (exact) mass is 398 g/mol. The first-order valence-electron chi connectivity index (χ1n) is 8.10. The van der Waals surface area contributed by atoms with Crippen LogP contribution in [0.15, 0.2) is 48.7 Å². The minimum absolute atomic E-state index is 0. The Bertz CT molecular complexity index is 665. The number of carbonyl (C=O) groups is 1. The molecule has 0 radical (unpaired) electrons. The number of hydrogen-bond donors (Lipinski definition) is 2. The number of halogens is 2. The molecule has 26 heavy (non-hydrogen) atoms. The zero-order chi connectivity index (χ0) is 16.8. The van der Waals surface area contributed by atoms with E-state index in [1.807, 2.05) is 42.5 Å². The number of hydrogen-bond acceptors (Lipinski definition) is 5. The molecule has 1 aliphatic rings. The van der Waals surface area contributed by atoms with Crippen LogP contribution in [0.1, 0.15) is 17.2 Å². The second-order valence-electron chi connectivity index (χ2n) is 5.73. The molecule has 2 heterocycles. The van der Waals surface area contributed by atoms with E-state index < -0.39 is 6.04 Å². The van der Waals surface area contributed by atoms with Crippen molar-refractivity contribution in [2.24, 2.45) is 5.73 Å². The highest BCUT2D eigenvalue weighted by molar-refractivity contribution is 5.85. The van der Waals surface area contributed by atoms with Gasteiger partial charge in [-0.1, -0.05) is 36.4 Å². The molecule has 1 saturated heterocycles. The molecule has 1 fully saturated rings. The third-order valence-corrected chi connectivity index (χ3v) is 4.05. The topological polar surface area (TPSA) is 80.5 Å². The van der Waals surface area contributed by atoms with Gasteiger partial charge in [-0.05, 0) is 17.2 Å². The molecule has 1 aliphatic heterocycles. The van der Waals surface area contributed by atoms with Crippen LogP contribution in [0.5, 0.6) is 0 Å². The van der Waals surface area contributed by atoms with Gasteiger partial charge < -0.3 is 20.7 Å². The second kappa shape index (κ2) is 11.0. The minimum atomic E-state index is -0.660. The van der Waals surface area contributed by atoms with Gasteiger partial charge in [0.2, 0.25) is 5.91 Å². The van der Waals surface area contributed by atoms with Crippen molar-refractivity contribution in [3.8, 4) is 0 Å². The number of benzene rings is 1. The van der Waals surface area contributed by atoms with Gasteiger partial charge in [0.15, 0.2) is 0 Å². The molecule has 3 N–H and O–H groups in total. The zero-order valence-corrected chi connectivity index (χ0v) is 16.0. The van der Waals surface area contributed by atoms with E-state index in [2.05, 4.69) is 15.2 Å². The number of anilines is 1. The summed E-state index contributed by atoms with van der Waals surface area (Å²) < 4.78 is 5.34. The van der Waals surface area contributed by atoms with Gasteiger partial charge in [-0.2, -0.15) is 0 Å². The van der Waals surface area contributed by atoms with E-state index in [9.17, 15) is 4.79 Å². The average Bonchev–Trinajstić information content (AvgIpc) is 2.67. The van der Waals surface area contributed by atoms with Crippen LogP contribution in [-0.4, -0.2) is 37.2 Å². The lowest BCUT2D eigenvalue weighted by Gasteiger charge is -2.27. The first-order valence-corrected chi connectivity index (χ1v) is 8.10. The molecule has 0 bridgehead atoms. The minimum Gasteiger partial charge on any atom is -0.378 e. The number of aromatic nitrogens is 1. The quantitative estimate of drug-likeness (QED) is 0.805. The van der Waals surface area contributed by atoms with Gasteiger partial charge in [0.1, 0.15) is 11.9 Å². The van der Waals surface area contributed by atoms with E-state index in [0.29, 0.717) is 6.54 Å². The Kier molecular flexibility index (Phi) is 9.37. The lowest BCUT2D eigenvalue weighted by molar-refractivity contribution is -0.122. The SMILES string of the molecule is Cl.Cl.NC(C(=O)NCc1ccc(N2CCOCC2)nc1)c1ccccc1. The number of nitrogens with two attached hydrogens (primary N) is 1. The average molecular weight is 399 g/mol. The molecule has 1 unspecified atom stereocenters. The van der Waals surface area contributed by atoms with Crippen molar-refractivity contribution >= 4 is 36.5 Å². The van der Waals surface area contributed by atoms with Gasteiger partial charge in [-0.25, -0.2) is 4.98 Å². The Morgan fingerprint density at radius 2 is 1.85 bits per heavy atom. The fraction of sp³-hybridized carbons (Fsp3) is 0.333. The fourth-order valence-corrected chi connectivity index (χ4v) is 2.61. The molecule has 1 aromatic carbocycles. The van der Waals surface area contributed by atoms with Crippen LogP contribution >= 0.6 is 24.8 Å². The van der Waals surface area contributed by atoms with E-state index in [-0.39, 0.29) is 30.7 Å². The van der Waals surface area contributed by atoms with Crippen LogP contribution in [0.2, 0.25) is 0 Å². The molecule has 0 aliphatic carbocycles. The van der Waals surface area contributed by atoms with Crippen LogP contribution in [-0.2, 0) is 16.1 Å². The van der Waals surface area contributed by atoms with Crippen LogP contribution < -0.4 is 16.0 Å². The summed E-state index contributed by atoms with van der Waals surface area (Å²) in [5, 5.41) is 2.86. The van der Waals surface area contributed by atoms with Crippen molar-refractivity contribution in [3.63, 3.8) is 0 Å². The third kappa shape index (κ3) is 5.85. The molecule has 1 aromatic heterocycles. The molecule has 1 atom stereocenters. The summed E-state index contributed by atoms with van der Waals surface area (Å²) >= 11 is 0. The van der Waals surface area contributed by atoms with E-state index in [0.717, 1.165) is 43.2 Å². The van der Waals surface area contributed by atoms with Gasteiger partial charge >= 0.3 is 0 Å². The number of rotatable bonds is 5. The van der Waals surface area contributed by atoms with Crippen molar-refractivity contribution in [3.05, 3.63) is 59.8 Å². The number of nitrogens with zero attached hydrogens (tertiary/aromatic N) is 2.